The van der Waals surface area contributed by atoms with Gasteiger partial charge >= 0.3 is 0 Å². The van der Waals surface area contributed by atoms with Crippen LogP contribution in [0, 0.1) is 12.7 Å². The van der Waals surface area contributed by atoms with Gasteiger partial charge in [-0.3, -0.25) is 0 Å². The molecule has 1 aromatic carbocycles. The summed E-state index contributed by atoms with van der Waals surface area (Å²) in [7, 11) is 0. The monoisotopic (exact) mass is 489 g/mol. The second kappa shape index (κ2) is 10.1. The van der Waals surface area contributed by atoms with Crippen LogP contribution >= 0.6 is 35.3 Å². The highest BCUT2D eigenvalue weighted by Gasteiger charge is 2.21. The first-order valence-corrected chi connectivity index (χ1v) is 9.48. The van der Waals surface area contributed by atoms with Crippen molar-refractivity contribution in [2.45, 2.75) is 20.4 Å². The van der Waals surface area contributed by atoms with Crippen molar-refractivity contribution in [3.05, 3.63) is 46.2 Å². The largest absolute Gasteiger partial charge is 0.366 e. The molecule has 1 aromatic heterocycles. The van der Waals surface area contributed by atoms with E-state index in [2.05, 4.69) is 27.0 Å². The lowest BCUT2D eigenvalue weighted by Gasteiger charge is -2.37. The number of benzene rings is 1. The van der Waals surface area contributed by atoms with Crippen molar-refractivity contribution in [2.24, 2.45) is 4.99 Å². The van der Waals surface area contributed by atoms with E-state index in [0.29, 0.717) is 12.2 Å². The molecule has 0 atom stereocenters. The number of aryl methyl sites for hydroxylation is 1. The second-order valence-electron chi connectivity index (χ2n) is 5.96. The van der Waals surface area contributed by atoms with Crippen molar-refractivity contribution in [3.63, 3.8) is 0 Å². The van der Waals surface area contributed by atoms with Gasteiger partial charge in [0, 0.05) is 37.6 Å². The first-order valence-electron chi connectivity index (χ1n) is 8.60. The second-order valence-corrected chi connectivity index (χ2v) is 6.90. The summed E-state index contributed by atoms with van der Waals surface area (Å²) in [6.45, 7) is 8.77. The quantitative estimate of drug-likeness (QED) is 0.406. The van der Waals surface area contributed by atoms with Crippen molar-refractivity contribution in [3.8, 4) is 0 Å². The van der Waals surface area contributed by atoms with Crippen LogP contribution < -0.4 is 10.2 Å². The van der Waals surface area contributed by atoms with Crippen molar-refractivity contribution in [1.29, 1.82) is 0 Å². The summed E-state index contributed by atoms with van der Waals surface area (Å²) >= 11 is 1.64. The summed E-state index contributed by atoms with van der Waals surface area (Å²) in [6.07, 6.45) is 0. The molecule has 2 aromatic rings. The van der Waals surface area contributed by atoms with Gasteiger partial charge in [-0.25, -0.2) is 14.4 Å². The van der Waals surface area contributed by atoms with E-state index in [9.17, 15) is 4.39 Å². The molecule has 5 nitrogen and oxygen atoms in total. The molecule has 0 aliphatic carbocycles. The third-order valence-corrected chi connectivity index (χ3v) is 5.24. The molecule has 1 N–H and O–H groups in total. The minimum absolute atomic E-state index is 0. The van der Waals surface area contributed by atoms with E-state index < -0.39 is 0 Å². The Morgan fingerprint density at radius 1 is 1.27 bits per heavy atom. The first kappa shape index (κ1) is 20.9. The first-order chi connectivity index (χ1) is 12.2. The number of guanidine groups is 1. The molecule has 1 aliphatic rings. The molecule has 142 valence electrons. The fourth-order valence-electron chi connectivity index (χ4n) is 2.92. The van der Waals surface area contributed by atoms with Gasteiger partial charge in [-0.05, 0) is 26.0 Å². The Morgan fingerprint density at radius 2 is 2.00 bits per heavy atom. The third-order valence-electron chi connectivity index (χ3n) is 4.32. The summed E-state index contributed by atoms with van der Waals surface area (Å²) in [5.74, 6) is 0.765. The van der Waals surface area contributed by atoms with Crippen LogP contribution in [0.1, 0.15) is 17.5 Å². The fraction of sp³-hybridized carbons (Fsp3) is 0.444. The standard InChI is InChI=1S/C18H24FN5S.HI/c1-3-20-18(21-12-17-14(2)22-13-25-17)24-10-8-23(9-11-24)16-7-5-4-6-15(16)19;/h4-7,13H,3,8-12H2,1-2H3,(H,20,21);1H. The van der Waals surface area contributed by atoms with E-state index in [1.54, 1.807) is 17.4 Å². The minimum atomic E-state index is -0.155. The van der Waals surface area contributed by atoms with Crippen LogP contribution in [0.15, 0.2) is 34.8 Å². The zero-order valence-corrected chi connectivity index (χ0v) is 18.3. The van der Waals surface area contributed by atoms with Crippen molar-refractivity contribution in [1.82, 2.24) is 15.2 Å². The van der Waals surface area contributed by atoms with E-state index in [0.717, 1.165) is 44.4 Å². The summed E-state index contributed by atoms with van der Waals surface area (Å²) in [4.78, 5) is 14.6. The molecule has 1 saturated heterocycles. The van der Waals surface area contributed by atoms with Crippen LogP contribution in [0.5, 0.6) is 0 Å². The number of hydrogen-bond donors (Lipinski definition) is 1. The van der Waals surface area contributed by atoms with Gasteiger partial charge in [0.2, 0.25) is 0 Å². The Bertz CT molecular complexity index is 728. The summed E-state index contributed by atoms with van der Waals surface area (Å²) in [5, 5.41) is 3.37. The minimum Gasteiger partial charge on any atom is -0.366 e. The Balaban J connectivity index is 0.00000243. The Hall–Kier alpha value is -1.42. The molecule has 8 heteroatoms. The van der Waals surface area contributed by atoms with E-state index in [1.807, 2.05) is 24.6 Å². The molecule has 1 fully saturated rings. The number of anilines is 1. The third kappa shape index (κ3) is 5.06. The van der Waals surface area contributed by atoms with Gasteiger partial charge in [0.1, 0.15) is 5.82 Å². The molecule has 26 heavy (non-hydrogen) atoms. The predicted molar refractivity (Wildman–Crippen MR) is 117 cm³/mol. The molecule has 0 bridgehead atoms. The molecule has 1 aliphatic heterocycles. The molecule has 3 rings (SSSR count). The van der Waals surface area contributed by atoms with Gasteiger partial charge in [0.25, 0.3) is 0 Å². The maximum absolute atomic E-state index is 14.0. The molecule has 0 spiro atoms. The normalized spacial score (nSPS) is 15.0. The Morgan fingerprint density at radius 3 is 2.62 bits per heavy atom. The molecular formula is C18H25FIN5S. The van der Waals surface area contributed by atoms with Crippen molar-refractivity contribution < 1.29 is 4.39 Å². The molecular weight excluding hydrogens is 464 g/mol. The van der Waals surface area contributed by atoms with E-state index in [4.69, 9.17) is 4.99 Å². The van der Waals surface area contributed by atoms with E-state index in [-0.39, 0.29) is 29.8 Å². The van der Waals surface area contributed by atoms with Gasteiger partial charge < -0.3 is 15.1 Å². The molecule has 0 radical (unpaired) electrons. The molecule has 0 saturated carbocycles. The van der Waals surface area contributed by atoms with Crippen LogP contribution in [0.2, 0.25) is 0 Å². The zero-order chi connectivity index (χ0) is 17.6. The maximum atomic E-state index is 14.0. The number of hydrogen-bond acceptors (Lipinski definition) is 4. The SMILES string of the molecule is CCNC(=NCc1scnc1C)N1CCN(c2ccccc2F)CC1.I. The van der Waals surface area contributed by atoms with Crippen LogP contribution in [0.25, 0.3) is 0 Å². The summed E-state index contributed by atoms with van der Waals surface area (Å²) in [5.41, 5.74) is 3.60. The number of nitrogens with one attached hydrogen (secondary N) is 1. The predicted octanol–water partition coefficient (Wildman–Crippen LogP) is 3.50. The van der Waals surface area contributed by atoms with E-state index >= 15 is 0 Å². The zero-order valence-electron chi connectivity index (χ0n) is 15.1. The number of aromatic nitrogens is 1. The lowest BCUT2D eigenvalue weighted by molar-refractivity contribution is 0.370. The van der Waals surface area contributed by atoms with Crippen molar-refractivity contribution in [2.75, 3.05) is 37.6 Å². The molecule has 0 unspecified atom stereocenters. The van der Waals surface area contributed by atoms with Gasteiger partial charge in [0.05, 0.1) is 23.4 Å². The number of rotatable bonds is 4. The fourth-order valence-corrected chi connectivity index (χ4v) is 3.62. The average molecular weight is 489 g/mol. The number of halogens is 2. The van der Waals surface area contributed by atoms with Crippen molar-refractivity contribution >= 4 is 47.0 Å². The topological polar surface area (TPSA) is 43.8 Å². The number of thiazole rings is 1. The lowest BCUT2D eigenvalue weighted by atomic mass is 10.2. The average Bonchev–Trinajstić information content (AvgIpc) is 3.04. The van der Waals surface area contributed by atoms with E-state index in [1.165, 1.54) is 10.9 Å². The van der Waals surface area contributed by atoms with Crippen LogP contribution in [0.3, 0.4) is 0 Å². The summed E-state index contributed by atoms with van der Waals surface area (Å²) < 4.78 is 14.0. The lowest BCUT2D eigenvalue weighted by Crippen LogP contribution is -2.52. The smallest absolute Gasteiger partial charge is 0.194 e. The highest BCUT2D eigenvalue weighted by molar-refractivity contribution is 14.0. The maximum Gasteiger partial charge on any atom is 0.194 e. The van der Waals surface area contributed by atoms with Gasteiger partial charge in [-0.1, -0.05) is 12.1 Å². The Kier molecular flexibility index (Phi) is 8.08. The van der Waals surface area contributed by atoms with Gasteiger partial charge in [0.15, 0.2) is 5.96 Å². The molecule has 2 heterocycles. The Labute approximate surface area is 175 Å². The molecule has 0 amide bonds. The highest BCUT2D eigenvalue weighted by Crippen LogP contribution is 2.20. The van der Waals surface area contributed by atoms with Gasteiger partial charge in [-0.2, -0.15) is 0 Å². The van der Waals surface area contributed by atoms with Crippen LogP contribution in [-0.4, -0.2) is 48.6 Å². The highest BCUT2D eigenvalue weighted by atomic mass is 127. The van der Waals surface area contributed by atoms with Crippen LogP contribution in [0.4, 0.5) is 10.1 Å². The summed E-state index contributed by atoms with van der Waals surface area (Å²) in [6, 6.07) is 6.97. The number of piperazine rings is 1. The number of aliphatic imine (C=N–C) groups is 1. The number of nitrogens with zero attached hydrogens (tertiary/aromatic N) is 4. The van der Waals surface area contributed by atoms with Crippen LogP contribution in [-0.2, 0) is 6.54 Å². The van der Waals surface area contributed by atoms with Gasteiger partial charge in [-0.15, -0.1) is 35.3 Å². The number of para-hydroxylation sites is 1.